The fraction of sp³-hybridized carbons (Fsp3) is 0.278. The number of nitrogens with zero attached hydrogens (tertiary/aromatic N) is 3. The molecule has 3 rings (SSSR count). The van der Waals surface area contributed by atoms with Crippen molar-refractivity contribution in [2.75, 3.05) is 31.1 Å². The summed E-state index contributed by atoms with van der Waals surface area (Å²) in [5.74, 6) is 0.00205. The van der Waals surface area contributed by atoms with Crippen molar-refractivity contribution in [3.8, 4) is 0 Å². The van der Waals surface area contributed by atoms with Crippen LogP contribution in [0.3, 0.4) is 0 Å². The summed E-state index contributed by atoms with van der Waals surface area (Å²) >= 11 is 5.87. The van der Waals surface area contributed by atoms with Gasteiger partial charge in [-0.15, -0.1) is 0 Å². The molecule has 0 aromatic heterocycles. The van der Waals surface area contributed by atoms with E-state index in [0.29, 0.717) is 30.2 Å². The molecule has 0 N–H and O–H groups in total. The summed E-state index contributed by atoms with van der Waals surface area (Å²) in [6.07, 6.45) is 0.844. The van der Waals surface area contributed by atoms with E-state index in [9.17, 15) is 14.9 Å². The van der Waals surface area contributed by atoms with Gasteiger partial charge in [0.1, 0.15) is 0 Å². The summed E-state index contributed by atoms with van der Waals surface area (Å²) < 4.78 is 0. The molecule has 0 aliphatic carbocycles. The zero-order valence-electron chi connectivity index (χ0n) is 13.6. The molecule has 2 aromatic rings. The molecule has 1 fully saturated rings. The van der Waals surface area contributed by atoms with Gasteiger partial charge in [0.25, 0.3) is 11.6 Å². The van der Waals surface area contributed by atoms with Crippen LogP contribution in [0.15, 0.2) is 48.5 Å². The van der Waals surface area contributed by atoms with Crippen molar-refractivity contribution >= 4 is 28.9 Å². The molecule has 7 heteroatoms. The minimum Gasteiger partial charge on any atom is -0.370 e. The highest BCUT2D eigenvalue weighted by Gasteiger charge is 2.20. The van der Waals surface area contributed by atoms with Crippen LogP contribution >= 0.6 is 11.6 Å². The average molecular weight is 360 g/mol. The molecule has 1 saturated heterocycles. The third-order valence-electron chi connectivity index (χ3n) is 4.30. The second-order valence-electron chi connectivity index (χ2n) is 5.91. The highest BCUT2D eigenvalue weighted by Crippen LogP contribution is 2.21. The highest BCUT2D eigenvalue weighted by atomic mass is 35.5. The molecular formula is C18H18ClN3O3. The van der Waals surface area contributed by atoms with Crippen LogP contribution < -0.4 is 4.90 Å². The Hall–Kier alpha value is -2.60. The number of hydrogen-bond donors (Lipinski definition) is 0. The number of carbonyl (C=O) groups is 1. The molecule has 0 spiro atoms. The Labute approximate surface area is 150 Å². The zero-order chi connectivity index (χ0) is 17.8. The van der Waals surface area contributed by atoms with Gasteiger partial charge in [-0.2, -0.15) is 0 Å². The lowest BCUT2D eigenvalue weighted by molar-refractivity contribution is -0.384. The number of rotatable bonds is 3. The molecule has 25 heavy (non-hydrogen) atoms. The number of nitro benzene ring substituents is 1. The first kappa shape index (κ1) is 17.2. The number of amides is 1. The van der Waals surface area contributed by atoms with Crippen LogP contribution in [0.25, 0.3) is 0 Å². The molecule has 0 bridgehead atoms. The van der Waals surface area contributed by atoms with Crippen molar-refractivity contribution in [1.82, 2.24) is 4.90 Å². The Kier molecular flexibility index (Phi) is 5.19. The molecule has 0 radical (unpaired) electrons. The van der Waals surface area contributed by atoms with Crippen LogP contribution in [-0.4, -0.2) is 41.9 Å². The van der Waals surface area contributed by atoms with Crippen molar-refractivity contribution in [1.29, 1.82) is 0 Å². The zero-order valence-corrected chi connectivity index (χ0v) is 14.4. The normalized spacial score (nSPS) is 14.9. The summed E-state index contributed by atoms with van der Waals surface area (Å²) in [7, 11) is 0. The number of carbonyl (C=O) groups excluding carboxylic acids is 1. The first-order valence-corrected chi connectivity index (χ1v) is 8.46. The van der Waals surface area contributed by atoms with Crippen LogP contribution in [-0.2, 0) is 0 Å². The third kappa shape index (κ3) is 4.09. The maximum atomic E-state index is 12.6. The molecule has 1 heterocycles. The van der Waals surface area contributed by atoms with Crippen molar-refractivity contribution in [3.63, 3.8) is 0 Å². The van der Waals surface area contributed by atoms with E-state index in [1.54, 1.807) is 36.4 Å². The lowest BCUT2D eigenvalue weighted by Gasteiger charge is -2.23. The van der Waals surface area contributed by atoms with E-state index >= 15 is 0 Å². The van der Waals surface area contributed by atoms with Crippen molar-refractivity contribution in [2.24, 2.45) is 0 Å². The monoisotopic (exact) mass is 359 g/mol. The van der Waals surface area contributed by atoms with Crippen LogP contribution in [0.4, 0.5) is 11.4 Å². The molecule has 0 atom stereocenters. The summed E-state index contributed by atoms with van der Waals surface area (Å²) in [5, 5.41) is 11.4. The minimum atomic E-state index is -0.404. The average Bonchev–Trinajstić information content (AvgIpc) is 2.88. The lowest BCUT2D eigenvalue weighted by atomic mass is 10.2. The highest BCUT2D eigenvalue weighted by molar-refractivity contribution is 6.30. The molecule has 130 valence electrons. The van der Waals surface area contributed by atoms with Crippen LogP contribution in [0.2, 0.25) is 5.02 Å². The van der Waals surface area contributed by atoms with Gasteiger partial charge in [-0.05, 0) is 42.8 Å². The summed E-state index contributed by atoms with van der Waals surface area (Å²) in [6, 6.07) is 13.5. The maximum absolute atomic E-state index is 12.6. The smallest absolute Gasteiger partial charge is 0.269 e. The SMILES string of the molecule is O=C(c1ccc(Cl)cc1)N1CCCN(c2ccc([N+](=O)[O-])cc2)CC1. The van der Waals surface area contributed by atoms with E-state index in [4.69, 9.17) is 11.6 Å². The van der Waals surface area contributed by atoms with Crippen molar-refractivity contribution < 1.29 is 9.72 Å². The molecule has 0 saturated carbocycles. The molecule has 1 aliphatic heterocycles. The topological polar surface area (TPSA) is 66.7 Å². The number of anilines is 1. The Morgan fingerprint density at radius 3 is 2.28 bits per heavy atom. The first-order valence-electron chi connectivity index (χ1n) is 8.09. The number of non-ortho nitro benzene ring substituents is 1. The quantitative estimate of drug-likeness (QED) is 0.620. The lowest BCUT2D eigenvalue weighted by Crippen LogP contribution is -2.35. The number of benzene rings is 2. The van der Waals surface area contributed by atoms with E-state index in [0.717, 1.165) is 18.7 Å². The van der Waals surface area contributed by atoms with E-state index in [2.05, 4.69) is 4.90 Å². The van der Waals surface area contributed by atoms with E-state index in [1.165, 1.54) is 12.1 Å². The molecule has 0 unspecified atom stereocenters. The Morgan fingerprint density at radius 2 is 1.64 bits per heavy atom. The fourth-order valence-corrected chi connectivity index (χ4v) is 3.06. The molecule has 1 amide bonds. The molecule has 6 nitrogen and oxygen atoms in total. The first-order chi connectivity index (χ1) is 12.0. The van der Waals surface area contributed by atoms with Crippen LogP contribution in [0.1, 0.15) is 16.8 Å². The Morgan fingerprint density at radius 1 is 0.960 bits per heavy atom. The standard InChI is InChI=1S/C18H18ClN3O3/c19-15-4-2-14(3-5-15)18(23)21-11-1-10-20(12-13-21)16-6-8-17(9-7-16)22(24)25/h2-9H,1,10-13H2. The van der Waals surface area contributed by atoms with Gasteiger partial charge in [-0.1, -0.05) is 11.6 Å². The van der Waals surface area contributed by atoms with Crippen LogP contribution in [0.5, 0.6) is 0 Å². The fourth-order valence-electron chi connectivity index (χ4n) is 2.94. The summed E-state index contributed by atoms with van der Waals surface area (Å²) in [6.45, 7) is 2.79. The van der Waals surface area contributed by atoms with E-state index < -0.39 is 4.92 Å². The van der Waals surface area contributed by atoms with Gasteiger partial charge < -0.3 is 9.80 Å². The maximum Gasteiger partial charge on any atom is 0.269 e. The minimum absolute atomic E-state index is 0.00205. The van der Waals surface area contributed by atoms with Gasteiger partial charge in [0.05, 0.1) is 4.92 Å². The molecule has 2 aromatic carbocycles. The Bertz CT molecular complexity index is 762. The second-order valence-corrected chi connectivity index (χ2v) is 6.35. The van der Waals surface area contributed by atoms with E-state index in [1.807, 2.05) is 4.90 Å². The number of nitro groups is 1. The number of halogens is 1. The predicted molar refractivity (Wildman–Crippen MR) is 97.3 cm³/mol. The summed E-state index contributed by atoms with van der Waals surface area (Å²) in [5.41, 5.74) is 1.65. The number of hydrogen-bond acceptors (Lipinski definition) is 4. The van der Waals surface area contributed by atoms with E-state index in [-0.39, 0.29) is 11.6 Å². The van der Waals surface area contributed by atoms with Gasteiger partial charge in [0.2, 0.25) is 0 Å². The summed E-state index contributed by atoms with van der Waals surface area (Å²) in [4.78, 5) is 27.0. The van der Waals surface area contributed by atoms with Crippen molar-refractivity contribution in [3.05, 3.63) is 69.2 Å². The predicted octanol–water partition coefficient (Wildman–Crippen LogP) is 3.60. The Balaban J connectivity index is 1.66. The van der Waals surface area contributed by atoms with Crippen molar-refractivity contribution in [2.45, 2.75) is 6.42 Å². The molecular weight excluding hydrogens is 342 g/mol. The second kappa shape index (κ2) is 7.53. The van der Waals surface area contributed by atoms with Gasteiger partial charge in [-0.25, -0.2) is 0 Å². The molecule has 1 aliphatic rings. The third-order valence-corrected chi connectivity index (χ3v) is 4.55. The van der Waals surface area contributed by atoms with Gasteiger partial charge >= 0.3 is 0 Å². The van der Waals surface area contributed by atoms with Gasteiger partial charge in [-0.3, -0.25) is 14.9 Å². The van der Waals surface area contributed by atoms with Gasteiger partial charge in [0, 0.05) is 54.6 Å². The largest absolute Gasteiger partial charge is 0.370 e. The van der Waals surface area contributed by atoms with Gasteiger partial charge in [0.15, 0.2) is 0 Å². The van der Waals surface area contributed by atoms with Crippen LogP contribution in [0, 0.1) is 10.1 Å².